The van der Waals surface area contributed by atoms with Gasteiger partial charge in [0.1, 0.15) is 0 Å². The Morgan fingerprint density at radius 1 is 0.275 bits per heavy atom. The zero-order chi connectivity index (χ0) is 28.2. The van der Waals surface area contributed by atoms with Gasteiger partial charge in [-0.1, -0.05) is 206 Å². The highest BCUT2D eigenvalue weighted by Gasteiger charge is 1.97. The molecule has 0 rings (SSSR count). The smallest absolute Gasteiger partial charge is 0.0229 e. The average Bonchev–Trinajstić information content (AvgIpc) is 2.95. The highest BCUT2D eigenvalue weighted by Crippen LogP contribution is 2.15. The van der Waals surface area contributed by atoms with Crippen LogP contribution in [0, 0.1) is 0 Å². The fourth-order valence-corrected chi connectivity index (χ4v) is 5.64. The van der Waals surface area contributed by atoms with Gasteiger partial charge in [0.05, 0.1) is 0 Å². The topological polar surface area (TPSA) is 33.3 Å². The first-order valence-corrected chi connectivity index (χ1v) is 18.5. The van der Waals surface area contributed by atoms with Crippen LogP contribution < -0.4 is 11.0 Å². The molecule has 0 spiro atoms. The molecule has 0 aliphatic carbocycles. The van der Waals surface area contributed by atoms with E-state index in [4.69, 9.17) is 4.94 Å². The Labute approximate surface area is 260 Å². The molecule has 0 saturated carbocycles. The molecule has 0 amide bonds. The lowest BCUT2D eigenvalue weighted by Gasteiger charge is -2.07. The summed E-state index contributed by atoms with van der Waals surface area (Å²) in [5, 5.41) is 0. The van der Waals surface area contributed by atoms with E-state index >= 15 is 0 Å². The first kappa shape index (κ1) is 42.3. The molecule has 0 aliphatic heterocycles. The third kappa shape index (κ3) is 40.3. The van der Waals surface area contributed by atoms with Crippen molar-refractivity contribution >= 4 is 12.4 Å². The second-order valence-corrected chi connectivity index (χ2v) is 12.5. The van der Waals surface area contributed by atoms with Crippen molar-refractivity contribution in [2.45, 2.75) is 219 Å². The van der Waals surface area contributed by atoms with E-state index < -0.39 is 0 Å². The average molecular weight is 589 g/mol. The van der Waals surface area contributed by atoms with E-state index in [1.54, 1.807) is 0 Å². The molecule has 40 heavy (non-hydrogen) atoms. The molecule has 0 aromatic carbocycles. The summed E-state index contributed by atoms with van der Waals surface area (Å²) in [6.45, 7) is 6.52. The summed E-state index contributed by atoms with van der Waals surface area (Å²) in [4.78, 5) is 5.38. The van der Waals surface area contributed by atoms with Crippen LogP contribution in [0.4, 0.5) is 0 Å². The molecule has 0 radical (unpaired) electrons. The molecule has 0 unspecified atom stereocenters. The van der Waals surface area contributed by atoms with Gasteiger partial charge in [0.25, 0.3) is 0 Å². The maximum absolute atomic E-state index is 5.38. The van der Waals surface area contributed by atoms with Crippen molar-refractivity contribution < 1.29 is 4.94 Å². The van der Waals surface area contributed by atoms with E-state index in [1.165, 1.54) is 205 Å². The van der Waals surface area contributed by atoms with Crippen molar-refractivity contribution in [3.63, 3.8) is 0 Å². The van der Waals surface area contributed by atoms with Gasteiger partial charge < -0.3 is 0 Å². The molecule has 0 heterocycles. The predicted octanol–water partition coefficient (Wildman–Crippen LogP) is 13.0. The summed E-state index contributed by atoms with van der Waals surface area (Å²) in [6, 6.07) is 0. The maximum atomic E-state index is 5.38. The van der Waals surface area contributed by atoms with Crippen LogP contribution in [0.25, 0.3) is 0 Å². The SMILES string of the molecule is CCCCCCCCCCCCCCCCCCNONCCCCCCCCCCCCCCCCCC.Cl. The van der Waals surface area contributed by atoms with Gasteiger partial charge in [-0.15, -0.1) is 12.4 Å². The summed E-state index contributed by atoms with van der Waals surface area (Å²) in [5.41, 5.74) is 6.16. The summed E-state index contributed by atoms with van der Waals surface area (Å²) in [6.07, 6.45) is 45.4. The normalized spacial score (nSPS) is 11.2. The second kappa shape index (κ2) is 41.3. The lowest BCUT2D eigenvalue weighted by atomic mass is 10.0. The first-order chi connectivity index (χ1) is 19.4. The maximum Gasteiger partial charge on any atom is 0.0229 e. The summed E-state index contributed by atoms with van der Waals surface area (Å²) < 4.78 is 0. The van der Waals surface area contributed by atoms with Gasteiger partial charge >= 0.3 is 0 Å². The fourth-order valence-electron chi connectivity index (χ4n) is 5.64. The number of hydroxylamine groups is 2. The van der Waals surface area contributed by atoms with Gasteiger partial charge in [-0.05, 0) is 12.8 Å². The Bertz CT molecular complexity index is 374. The molecular formula is C36H77ClN2O. The van der Waals surface area contributed by atoms with Gasteiger partial charge in [0, 0.05) is 13.1 Å². The summed E-state index contributed by atoms with van der Waals surface area (Å²) in [5.74, 6) is 0. The van der Waals surface area contributed by atoms with E-state index in [1.807, 2.05) is 0 Å². The quantitative estimate of drug-likeness (QED) is 0.0564. The van der Waals surface area contributed by atoms with Gasteiger partial charge in [-0.2, -0.15) is 11.0 Å². The van der Waals surface area contributed by atoms with Crippen molar-refractivity contribution in [3.05, 3.63) is 0 Å². The molecule has 4 heteroatoms. The number of hydrogen-bond acceptors (Lipinski definition) is 3. The van der Waals surface area contributed by atoms with Crippen LogP contribution in [0.15, 0.2) is 0 Å². The Balaban J connectivity index is 0. The Hall–Kier alpha value is 0.170. The molecule has 0 bridgehead atoms. The molecule has 0 aromatic rings. The van der Waals surface area contributed by atoms with E-state index in [0.717, 1.165) is 13.1 Å². The fraction of sp³-hybridized carbons (Fsp3) is 1.00. The lowest BCUT2D eigenvalue weighted by molar-refractivity contribution is -0.0387. The third-order valence-electron chi connectivity index (χ3n) is 8.41. The Kier molecular flexibility index (Phi) is 43.7. The van der Waals surface area contributed by atoms with Crippen LogP contribution in [-0.4, -0.2) is 13.1 Å². The zero-order valence-electron chi connectivity index (χ0n) is 27.9. The monoisotopic (exact) mass is 589 g/mol. The molecule has 0 saturated heterocycles. The lowest BCUT2D eigenvalue weighted by Crippen LogP contribution is -2.27. The van der Waals surface area contributed by atoms with Gasteiger partial charge in [0.2, 0.25) is 0 Å². The van der Waals surface area contributed by atoms with Gasteiger partial charge in [-0.3, -0.25) is 0 Å². The van der Waals surface area contributed by atoms with E-state index in [9.17, 15) is 0 Å². The molecule has 244 valence electrons. The minimum Gasteiger partial charge on any atom is -0.214 e. The number of nitrogens with one attached hydrogen (secondary N) is 2. The highest BCUT2D eigenvalue weighted by molar-refractivity contribution is 5.85. The van der Waals surface area contributed by atoms with Crippen LogP contribution in [0.2, 0.25) is 0 Å². The van der Waals surface area contributed by atoms with E-state index in [-0.39, 0.29) is 12.4 Å². The largest absolute Gasteiger partial charge is 0.214 e. The van der Waals surface area contributed by atoms with Crippen LogP contribution in [0.1, 0.15) is 219 Å². The van der Waals surface area contributed by atoms with Crippen LogP contribution in [-0.2, 0) is 4.94 Å². The molecule has 3 nitrogen and oxygen atoms in total. The Morgan fingerprint density at radius 2 is 0.450 bits per heavy atom. The van der Waals surface area contributed by atoms with Crippen LogP contribution in [0.3, 0.4) is 0 Å². The highest BCUT2D eigenvalue weighted by atomic mass is 35.5. The number of halogens is 1. The predicted molar refractivity (Wildman–Crippen MR) is 183 cm³/mol. The van der Waals surface area contributed by atoms with Crippen molar-refractivity contribution in [3.8, 4) is 0 Å². The number of hydrogen-bond donors (Lipinski definition) is 2. The standard InChI is InChI=1S/C36H76N2O.ClH/c1-3-5-7-9-11-13-15-17-19-21-23-25-27-29-31-33-35-37-39-38-36-34-32-30-28-26-24-22-20-18-16-14-12-10-8-6-4-2;/h37-38H,3-36H2,1-2H3;1H. The second-order valence-electron chi connectivity index (χ2n) is 12.5. The van der Waals surface area contributed by atoms with Crippen LogP contribution in [0.5, 0.6) is 0 Å². The molecule has 0 fully saturated rings. The molecular weight excluding hydrogens is 512 g/mol. The van der Waals surface area contributed by atoms with Crippen LogP contribution >= 0.6 is 12.4 Å². The van der Waals surface area contributed by atoms with Crippen molar-refractivity contribution in [1.82, 2.24) is 11.0 Å². The molecule has 2 N–H and O–H groups in total. The van der Waals surface area contributed by atoms with Crippen molar-refractivity contribution in [1.29, 1.82) is 0 Å². The minimum absolute atomic E-state index is 0. The number of unbranched alkanes of at least 4 members (excludes halogenated alkanes) is 30. The van der Waals surface area contributed by atoms with Crippen molar-refractivity contribution in [2.75, 3.05) is 13.1 Å². The van der Waals surface area contributed by atoms with Gasteiger partial charge in [0.15, 0.2) is 0 Å². The van der Waals surface area contributed by atoms with Crippen molar-refractivity contribution in [2.24, 2.45) is 0 Å². The first-order valence-electron chi connectivity index (χ1n) is 18.5. The summed E-state index contributed by atoms with van der Waals surface area (Å²) in [7, 11) is 0. The molecule has 0 atom stereocenters. The number of rotatable bonds is 36. The van der Waals surface area contributed by atoms with E-state index in [0.29, 0.717) is 0 Å². The third-order valence-corrected chi connectivity index (χ3v) is 8.41. The summed E-state index contributed by atoms with van der Waals surface area (Å²) >= 11 is 0. The van der Waals surface area contributed by atoms with E-state index in [2.05, 4.69) is 24.8 Å². The van der Waals surface area contributed by atoms with Gasteiger partial charge in [-0.25, -0.2) is 4.94 Å². The zero-order valence-corrected chi connectivity index (χ0v) is 28.7. The molecule has 0 aromatic heterocycles. The minimum atomic E-state index is 0. The Morgan fingerprint density at radius 3 is 0.650 bits per heavy atom. The molecule has 0 aliphatic rings.